The van der Waals surface area contributed by atoms with Crippen molar-refractivity contribution in [3.63, 3.8) is 0 Å². The first-order valence-electron chi connectivity index (χ1n) is 3.90. The fourth-order valence-electron chi connectivity index (χ4n) is 0.710. The minimum atomic E-state index is 0.0328. The molecule has 0 aliphatic carbocycles. The number of nitrogens with zero attached hydrogens (tertiary/aromatic N) is 3. The molecule has 0 fully saturated rings. The first-order valence-corrected chi connectivity index (χ1v) is 3.90. The zero-order valence-electron chi connectivity index (χ0n) is 7.36. The first kappa shape index (κ1) is 10.7. The van der Waals surface area contributed by atoms with Gasteiger partial charge < -0.3 is 9.67 Å². The summed E-state index contributed by atoms with van der Waals surface area (Å²) in [5, 5.41) is 16.9. The molecule has 1 rings (SSSR count). The molecule has 0 spiro atoms. The van der Waals surface area contributed by atoms with Crippen LogP contribution in [0.4, 0.5) is 0 Å². The highest BCUT2D eigenvalue weighted by atomic mass is 16.3. The Morgan fingerprint density at radius 2 is 2.33 bits per heavy atom. The van der Waals surface area contributed by atoms with Gasteiger partial charge in [-0.15, -0.1) is 0 Å². The van der Waals surface area contributed by atoms with Gasteiger partial charge in [0.2, 0.25) is 5.82 Å². The van der Waals surface area contributed by atoms with Crippen molar-refractivity contribution in [3.05, 3.63) is 18.2 Å². The second kappa shape index (κ2) is 6.38. The molecule has 0 aromatic carbocycles. The van der Waals surface area contributed by atoms with Crippen LogP contribution in [0.1, 0.15) is 19.7 Å². The minimum Gasteiger partial charge on any atom is -0.395 e. The zero-order valence-corrected chi connectivity index (χ0v) is 7.36. The van der Waals surface area contributed by atoms with Gasteiger partial charge >= 0.3 is 0 Å². The summed E-state index contributed by atoms with van der Waals surface area (Å²) < 4.78 is 1.60. The normalized spacial score (nSPS) is 8.17. The predicted octanol–water partition coefficient (Wildman–Crippen LogP) is 0.773. The summed E-state index contributed by atoms with van der Waals surface area (Å²) in [7, 11) is 0. The maximum absolute atomic E-state index is 8.50. The zero-order chi connectivity index (χ0) is 9.40. The van der Waals surface area contributed by atoms with E-state index in [-0.39, 0.29) is 6.61 Å². The fourth-order valence-corrected chi connectivity index (χ4v) is 0.710. The van der Waals surface area contributed by atoms with Crippen LogP contribution in [0.25, 0.3) is 0 Å². The van der Waals surface area contributed by atoms with Gasteiger partial charge in [-0.05, 0) is 0 Å². The van der Waals surface area contributed by atoms with Crippen molar-refractivity contribution < 1.29 is 5.11 Å². The lowest BCUT2D eigenvalue weighted by molar-refractivity contribution is 0.275. The van der Waals surface area contributed by atoms with Crippen molar-refractivity contribution in [2.45, 2.75) is 20.4 Å². The quantitative estimate of drug-likeness (QED) is 0.707. The van der Waals surface area contributed by atoms with E-state index in [1.807, 2.05) is 19.9 Å². The van der Waals surface area contributed by atoms with Crippen LogP contribution >= 0.6 is 0 Å². The highest BCUT2D eigenvalue weighted by Crippen LogP contribution is 1.93. The van der Waals surface area contributed by atoms with Gasteiger partial charge in [0.1, 0.15) is 6.07 Å². The van der Waals surface area contributed by atoms with E-state index in [4.69, 9.17) is 10.4 Å². The lowest BCUT2D eigenvalue weighted by Crippen LogP contribution is -2.02. The highest BCUT2D eigenvalue weighted by molar-refractivity contribution is 5.10. The summed E-state index contributed by atoms with van der Waals surface area (Å²) in [6, 6.07) is 1.90. The van der Waals surface area contributed by atoms with Crippen LogP contribution in [0.2, 0.25) is 0 Å². The molecule has 0 aliphatic heterocycles. The van der Waals surface area contributed by atoms with Gasteiger partial charge in [0.05, 0.1) is 6.61 Å². The van der Waals surface area contributed by atoms with Gasteiger partial charge in [-0.2, -0.15) is 5.26 Å². The van der Waals surface area contributed by atoms with Crippen LogP contribution in [-0.4, -0.2) is 21.3 Å². The molecule has 12 heavy (non-hydrogen) atoms. The molecule has 1 heterocycles. The number of rotatable bonds is 2. The molecule has 4 nitrogen and oxygen atoms in total. The molecule has 1 N–H and O–H groups in total. The average molecular weight is 167 g/mol. The van der Waals surface area contributed by atoms with Crippen LogP contribution < -0.4 is 0 Å². The summed E-state index contributed by atoms with van der Waals surface area (Å²) in [6.45, 7) is 4.47. The Bertz CT molecular complexity index is 249. The Morgan fingerprint density at radius 3 is 2.83 bits per heavy atom. The lowest BCUT2D eigenvalue weighted by atomic mass is 10.6. The van der Waals surface area contributed by atoms with Crippen LogP contribution in [0.5, 0.6) is 0 Å². The summed E-state index contributed by atoms with van der Waals surface area (Å²) in [5.74, 6) is 0.342. The summed E-state index contributed by atoms with van der Waals surface area (Å²) in [4.78, 5) is 3.74. The van der Waals surface area contributed by atoms with Crippen molar-refractivity contribution >= 4 is 0 Å². The third-order valence-corrected chi connectivity index (χ3v) is 1.16. The maximum Gasteiger partial charge on any atom is 0.212 e. The molecule has 0 bridgehead atoms. The third-order valence-electron chi connectivity index (χ3n) is 1.16. The van der Waals surface area contributed by atoms with Crippen molar-refractivity contribution in [2.24, 2.45) is 0 Å². The van der Waals surface area contributed by atoms with Gasteiger partial charge in [-0.3, -0.25) is 0 Å². The Morgan fingerprint density at radius 1 is 1.67 bits per heavy atom. The number of aliphatic hydroxyl groups is 1. The monoisotopic (exact) mass is 167 g/mol. The van der Waals surface area contributed by atoms with E-state index in [9.17, 15) is 0 Å². The summed E-state index contributed by atoms with van der Waals surface area (Å²) in [5.41, 5.74) is 0. The highest BCUT2D eigenvalue weighted by Gasteiger charge is 1.97. The van der Waals surface area contributed by atoms with Crippen LogP contribution in [0.3, 0.4) is 0 Å². The number of aliphatic hydroxyl groups excluding tert-OH is 1. The van der Waals surface area contributed by atoms with E-state index in [0.29, 0.717) is 12.4 Å². The average Bonchev–Trinajstić information content (AvgIpc) is 2.56. The molecule has 0 radical (unpaired) electrons. The summed E-state index contributed by atoms with van der Waals surface area (Å²) in [6.07, 6.45) is 3.20. The van der Waals surface area contributed by atoms with E-state index in [1.165, 1.54) is 6.20 Å². The molecular weight excluding hydrogens is 154 g/mol. The van der Waals surface area contributed by atoms with E-state index in [2.05, 4.69) is 4.98 Å². The second-order valence-electron chi connectivity index (χ2n) is 1.78. The van der Waals surface area contributed by atoms with Crippen molar-refractivity contribution in [3.8, 4) is 6.07 Å². The fraction of sp³-hybridized carbons (Fsp3) is 0.500. The number of hydrogen-bond acceptors (Lipinski definition) is 3. The molecular formula is C8H13N3O. The molecule has 0 saturated carbocycles. The predicted molar refractivity (Wildman–Crippen MR) is 45.4 cm³/mol. The number of nitriles is 1. The minimum absolute atomic E-state index is 0.0328. The second-order valence-corrected chi connectivity index (χ2v) is 1.78. The molecule has 4 heteroatoms. The Labute approximate surface area is 72.1 Å². The standard InChI is InChI=1S/C6H7N3O.C2H6/c7-5-6-8-1-2-9(6)3-4-10;1-2/h1-2,10H,3-4H2;1-2H3. The van der Waals surface area contributed by atoms with E-state index in [0.717, 1.165) is 0 Å². The molecule has 0 aliphatic rings. The van der Waals surface area contributed by atoms with Crippen molar-refractivity contribution in [1.82, 2.24) is 9.55 Å². The topological polar surface area (TPSA) is 61.8 Å². The molecule has 0 unspecified atom stereocenters. The first-order chi connectivity index (χ1) is 5.88. The molecule has 0 amide bonds. The van der Waals surface area contributed by atoms with E-state index in [1.54, 1.807) is 10.8 Å². The molecule has 66 valence electrons. The van der Waals surface area contributed by atoms with E-state index >= 15 is 0 Å². The smallest absolute Gasteiger partial charge is 0.212 e. The van der Waals surface area contributed by atoms with Crippen LogP contribution in [0, 0.1) is 11.3 Å². The maximum atomic E-state index is 8.50. The van der Waals surface area contributed by atoms with E-state index < -0.39 is 0 Å². The Balaban J connectivity index is 0.000000561. The molecule has 1 aromatic heterocycles. The van der Waals surface area contributed by atoms with Crippen molar-refractivity contribution in [1.29, 1.82) is 5.26 Å². The van der Waals surface area contributed by atoms with Crippen LogP contribution in [-0.2, 0) is 6.54 Å². The number of aromatic nitrogens is 2. The molecule has 0 atom stereocenters. The van der Waals surface area contributed by atoms with Gasteiger partial charge in [0.15, 0.2) is 0 Å². The lowest BCUT2D eigenvalue weighted by Gasteiger charge is -1.96. The molecule has 1 aromatic rings. The number of hydrogen-bond donors (Lipinski definition) is 1. The Hall–Kier alpha value is -1.34. The largest absolute Gasteiger partial charge is 0.395 e. The summed E-state index contributed by atoms with van der Waals surface area (Å²) >= 11 is 0. The molecule has 0 saturated heterocycles. The van der Waals surface area contributed by atoms with Gasteiger partial charge in [0.25, 0.3) is 0 Å². The van der Waals surface area contributed by atoms with Gasteiger partial charge in [0, 0.05) is 18.9 Å². The van der Waals surface area contributed by atoms with Gasteiger partial charge in [-0.25, -0.2) is 4.98 Å². The van der Waals surface area contributed by atoms with Crippen LogP contribution in [0.15, 0.2) is 12.4 Å². The Kier molecular flexibility index (Phi) is 5.66. The SMILES string of the molecule is CC.N#Cc1nccn1CCO. The van der Waals surface area contributed by atoms with Crippen molar-refractivity contribution in [2.75, 3.05) is 6.61 Å². The number of imidazole rings is 1. The van der Waals surface area contributed by atoms with Gasteiger partial charge in [-0.1, -0.05) is 13.8 Å². The third kappa shape index (κ3) is 2.72.